The lowest BCUT2D eigenvalue weighted by Gasteiger charge is -2.26. The van der Waals surface area contributed by atoms with E-state index in [0.717, 1.165) is 11.3 Å². The molecule has 0 aliphatic carbocycles. The molecule has 1 heterocycles. The van der Waals surface area contributed by atoms with E-state index >= 15 is 0 Å². The highest BCUT2D eigenvalue weighted by atomic mass is 16.6. The number of ether oxygens (including phenoxy) is 4. The molecule has 12 heteroatoms. The average molecular weight is 590 g/mol. The summed E-state index contributed by atoms with van der Waals surface area (Å²) in [6, 6.07) is 15.1. The second-order valence-corrected chi connectivity index (χ2v) is 9.39. The number of amides is 4. The lowest BCUT2D eigenvalue weighted by Crippen LogP contribution is -2.53. The van der Waals surface area contributed by atoms with Crippen molar-refractivity contribution < 1.29 is 38.3 Å². The van der Waals surface area contributed by atoms with E-state index in [4.69, 9.17) is 18.9 Å². The molecular weight excluding hydrogens is 558 g/mol. The minimum absolute atomic E-state index is 0.0227. The number of imide groups is 2. The molecule has 0 saturated carbocycles. The number of nitrogens with zero attached hydrogens (tertiary/aromatic N) is 2. The smallest absolute Gasteiger partial charge is 0.331 e. The van der Waals surface area contributed by atoms with Crippen LogP contribution in [-0.2, 0) is 22.7 Å². The second-order valence-electron chi connectivity index (χ2n) is 9.39. The summed E-state index contributed by atoms with van der Waals surface area (Å²) in [4.78, 5) is 50.0. The molecule has 4 rings (SSSR count). The minimum atomic E-state index is -0.830. The van der Waals surface area contributed by atoms with Gasteiger partial charge in [0.2, 0.25) is 0 Å². The Kier molecular flexibility index (Phi) is 9.94. The number of carbonyl (C=O) groups is 3. The van der Waals surface area contributed by atoms with E-state index in [2.05, 4.69) is 5.32 Å². The van der Waals surface area contributed by atoms with Crippen molar-refractivity contribution in [3.63, 3.8) is 0 Å². The summed E-state index contributed by atoms with van der Waals surface area (Å²) in [6.45, 7) is 4.78. The summed E-state index contributed by atoms with van der Waals surface area (Å²) in [6.07, 6.45) is 2.19. The van der Waals surface area contributed by atoms with Crippen LogP contribution in [0.25, 0.3) is 6.08 Å². The Balaban J connectivity index is 1.51. The molecule has 1 aliphatic rings. The largest absolute Gasteiger partial charge is 0.493 e. The predicted octanol–water partition coefficient (Wildman–Crippen LogP) is 5.03. The summed E-state index contributed by atoms with van der Waals surface area (Å²) < 4.78 is 22.7. The summed E-state index contributed by atoms with van der Waals surface area (Å²) in [5, 5.41) is 13.1. The van der Waals surface area contributed by atoms with E-state index in [1.807, 2.05) is 13.8 Å². The molecule has 1 saturated heterocycles. The van der Waals surface area contributed by atoms with Gasteiger partial charge in [-0.05, 0) is 72.5 Å². The van der Waals surface area contributed by atoms with Gasteiger partial charge < -0.3 is 18.9 Å². The van der Waals surface area contributed by atoms with Gasteiger partial charge in [0, 0.05) is 12.1 Å². The zero-order chi connectivity index (χ0) is 30.9. The SMILES string of the molecule is CCCOc1ccc(CN2C(=O)NC(=O)/C(=C\c3ccc(OCc4ccc([N+](=O)[O-])cc4)c(OC)c3)C2=O)cc1OCC. The Hall–Kier alpha value is -5.39. The first-order valence-corrected chi connectivity index (χ1v) is 13.6. The third kappa shape index (κ3) is 7.47. The number of hydrogen-bond donors (Lipinski definition) is 1. The molecule has 3 aromatic carbocycles. The zero-order valence-electron chi connectivity index (χ0n) is 24.0. The molecule has 1 N–H and O–H groups in total. The van der Waals surface area contributed by atoms with Crippen LogP contribution < -0.4 is 24.3 Å². The Morgan fingerprint density at radius 3 is 2.23 bits per heavy atom. The number of nitro benzene ring substituents is 1. The molecule has 0 unspecified atom stereocenters. The Morgan fingerprint density at radius 1 is 0.860 bits per heavy atom. The number of hydrogen-bond acceptors (Lipinski definition) is 9. The van der Waals surface area contributed by atoms with Crippen molar-refractivity contribution in [2.24, 2.45) is 0 Å². The number of carbonyl (C=O) groups excluding carboxylic acids is 3. The number of rotatable bonds is 13. The number of non-ortho nitro benzene ring substituents is 1. The number of urea groups is 1. The van der Waals surface area contributed by atoms with Crippen LogP contribution in [0.4, 0.5) is 10.5 Å². The molecule has 3 aromatic rings. The highest BCUT2D eigenvalue weighted by Gasteiger charge is 2.36. The maximum absolute atomic E-state index is 13.3. The number of benzene rings is 3. The number of nitrogens with one attached hydrogen (secondary N) is 1. The molecule has 4 amide bonds. The van der Waals surface area contributed by atoms with Crippen LogP contribution in [0.15, 0.2) is 66.2 Å². The van der Waals surface area contributed by atoms with E-state index in [1.54, 1.807) is 48.5 Å². The number of nitro groups is 1. The van der Waals surface area contributed by atoms with Gasteiger partial charge in [-0.25, -0.2) is 4.79 Å². The van der Waals surface area contributed by atoms with Crippen LogP contribution in [0.2, 0.25) is 0 Å². The van der Waals surface area contributed by atoms with Crippen LogP contribution in [0.1, 0.15) is 37.0 Å². The third-order valence-electron chi connectivity index (χ3n) is 6.34. The molecule has 1 fully saturated rings. The van der Waals surface area contributed by atoms with Gasteiger partial charge in [0.15, 0.2) is 23.0 Å². The standard InChI is InChI=1S/C31H31N3O9/c1-4-14-42-26-13-9-22(17-28(26)41-5-2)18-33-30(36)24(29(35)32-31(33)37)15-21-8-12-25(27(16-21)40-3)43-19-20-6-10-23(11-7-20)34(38)39/h6-13,15-17H,4-5,14,18-19H2,1-3H3,(H,32,35,37)/b24-15+. The minimum Gasteiger partial charge on any atom is -0.493 e. The van der Waals surface area contributed by atoms with Gasteiger partial charge in [0.1, 0.15) is 12.2 Å². The topological polar surface area (TPSA) is 147 Å². The van der Waals surface area contributed by atoms with Crippen LogP contribution in [-0.4, -0.2) is 48.0 Å². The van der Waals surface area contributed by atoms with Crippen molar-refractivity contribution in [3.05, 3.63) is 93.0 Å². The maximum atomic E-state index is 13.3. The third-order valence-corrected chi connectivity index (χ3v) is 6.34. The van der Waals surface area contributed by atoms with E-state index in [1.165, 1.54) is 25.3 Å². The molecule has 0 spiro atoms. The van der Waals surface area contributed by atoms with Gasteiger partial charge in [0.05, 0.1) is 31.8 Å². The Labute approximate surface area is 247 Å². The first kappa shape index (κ1) is 30.6. The van der Waals surface area contributed by atoms with Crippen LogP contribution in [0.5, 0.6) is 23.0 Å². The van der Waals surface area contributed by atoms with Gasteiger partial charge in [-0.1, -0.05) is 19.1 Å². The van der Waals surface area contributed by atoms with Crippen molar-refractivity contribution in [1.29, 1.82) is 0 Å². The molecular formula is C31H31N3O9. The predicted molar refractivity (Wildman–Crippen MR) is 156 cm³/mol. The average Bonchev–Trinajstić information content (AvgIpc) is 3.00. The van der Waals surface area contributed by atoms with Gasteiger partial charge in [-0.3, -0.25) is 29.9 Å². The van der Waals surface area contributed by atoms with Crippen molar-refractivity contribution in [2.75, 3.05) is 20.3 Å². The van der Waals surface area contributed by atoms with Crippen molar-refractivity contribution in [3.8, 4) is 23.0 Å². The number of methoxy groups -OCH3 is 1. The van der Waals surface area contributed by atoms with Gasteiger partial charge >= 0.3 is 6.03 Å². The molecule has 224 valence electrons. The highest BCUT2D eigenvalue weighted by molar-refractivity contribution is 6.31. The van der Waals surface area contributed by atoms with Gasteiger partial charge in [0.25, 0.3) is 17.5 Å². The van der Waals surface area contributed by atoms with Crippen molar-refractivity contribution in [1.82, 2.24) is 10.2 Å². The summed E-state index contributed by atoms with van der Waals surface area (Å²) in [7, 11) is 1.44. The normalized spacial score (nSPS) is 14.0. The van der Waals surface area contributed by atoms with E-state index in [9.17, 15) is 24.5 Å². The molecule has 12 nitrogen and oxygen atoms in total. The van der Waals surface area contributed by atoms with E-state index in [0.29, 0.717) is 52.9 Å². The summed E-state index contributed by atoms with van der Waals surface area (Å²) in [5.41, 5.74) is 1.54. The quantitative estimate of drug-likeness (QED) is 0.125. The Bertz CT molecular complexity index is 1550. The zero-order valence-corrected chi connectivity index (χ0v) is 24.0. The first-order valence-electron chi connectivity index (χ1n) is 13.6. The lowest BCUT2D eigenvalue weighted by molar-refractivity contribution is -0.384. The number of barbiturate groups is 1. The van der Waals surface area contributed by atoms with Crippen LogP contribution in [0, 0.1) is 10.1 Å². The summed E-state index contributed by atoms with van der Waals surface area (Å²) >= 11 is 0. The summed E-state index contributed by atoms with van der Waals surface area (Å²) in [5.74, 6) is 0.204. The first-order chi connectivity index (χ1) is 20.7. The van der Waals surface area contributed by atoms with Crippen LogP contribution >= 0.6 is 0 Å². The fourth-order valence-corrected chi connectivity index (χ4v) is 4.21. The lowest BCUT2D eigenvalue weighted by atomic mass is 10.1. The molecule has 0 radical (unpaired) electrons. The van der Waals surface area contributed by atoms with Gasteiger partial charge in [-0.15, -0.1) is 0 Å². The molecule has 0 atom stereocenters. The molecule has 1 aliphatic heterocycles. The molecule has 0 bridgehead atoms. The highest BCUT2D eigenvalue weighted by Crippen LogP contribution is 2.32. The second kappa shape index (κ2) is 14.0. The Morgan fingerprint density at radius 2 is 1.56 bits per heavy atom. The van der Waals surface area contributed by atoms with Crippen molar-refractivity contribution in [2.45, 2.75) is 33.4 Å². The van der Waals surface area contributed by atoms with Gasteiger partial charge in [-0.2, -0.15) is 0 Å². The molecule has 0 aromatic heterocycles. The van der Waals surface area contributed by atoms with E-state index in [-0.39, 0.29) is 24.4 Å². The van der Waals surface area contributed by atoms with E-state index < -0.39 is 22.8 Å². The monoisotopic (exact) mass is 589 g/mol. The van der Waals surface area contributed by atoms with Crippen LogP contribution in [0.3, 0.4) is 0 Å². The maximum Gasteiger partial charge on any atom is 0.331 e. The fraction of sp³-hybridized carbons (Fsp3) is 0.258. The fourth-order valence-electron chi connectivity index (χ4n) is 4.21. The molecule has 43 heavy (non-hydrogen) atoms. The van der Waals surface area contributed by atoms with Crippen molar-refractivity contribution >= 4 is 29.6 Å².